The molecule has 2 aromatic carbocycles. The molecule has 2 atom stereocenters. The molecule has 0 aliphatic rings. The molecule has 27 heavy (non-hydrogen) atoms. The van der Waals surface area contributed by atoms with Gasteiger partial charge in [0.05, 0.1) is 17.8 Å². The predicted molar refractivity (Wildman–Crippen MR) is 111 cm³/mol. The first-order valence-electron chi connectivity index (χ1n) is 8.77. The number of benzene rings is 2. The van der Waals surface area contributed by atoms with Gasteiger partial charge >= 0.3 is 0 Å². The van der Waals surface area contributed by atoms with Gasteiger partial charge in [0.15, 0.2) is 12.6 Å². The summed E-state index contributed by atoms with van der Waals surface area (Å²) < 4.78 is 0. The molecule has 2 rings (SSSR count). The molecule has 1 unspecified atom stereocenters. The fourth-order valence-corrected chi connectivity index (χ4v) is 2.95. The topological polar surface area (TPSA) is 62.6 Å². The van der Waals surface area contributed by atoms with Crippen molar-refractivity contribution >= 4 is 46.4 Å². The summed E-state index contributed by atoms with van der Waals surface area (Å²) in [6.45, 7) is 3.96. The average molecular weight is 409 g/mol. The van der Waals surface area contributed by atoms with Crippen molar-refractivity contribution in [1.29, 1.82) is 0 Å². The number of nitrogens with one attached hydrogen (secondary N) is 3. The highest BCUT2D eigenvalue weighted by molar-refractivity contribution is 6.35. The zero-order valence-corrected chi connectivity index (χ0v) is 17.1. The van der Waals surface area contributed by atoms with Crippen LogP contribution < -0.4 is 15.5 Å². The monoisotopic (exact) mass is 408 g/mol. The van der Waals surface area contributed by atoms with E-state index in [1.54, 1.807) is 32.2 Å². The molecule has 0 bridgehead atoms. The van der Waals surface area contributed by atoms with Gasteiger partial charge in [-0.2, -0.15) is 0 Å². The number of para-hydroxylation sites is 1. The Labute approximate surface area is 169 Å². The predicted octanol–water partition coefficient (Wildman–Crippen LogP) is 3.04. The van der Waals surface area contributed by atoms with Crippen molar-refractivity contribution in [1.82, 2.24) is 0 Å². The molecule has 0 fully saturated rings. The zero-order valence-electron chi connectivity index (χ0n) is 15.6. The molecule has 0 saturated heterocycles. The molecular weight excluding hydrogens is 385 g/mol. The third kappa shape index (κ3) is 5.96. The lowest BCUT2D eigenvalue weighted by Crippen LogP contribution is -3.14. The lowest BCUT2D eigenvalue weighted by atomic mass is 10.1. The van der Waals surface area contributed by atoms with Gasteiger partial charge in [-0.05, 0) is 43.2 Å². The summed E-state index contributed by atoms with van der Waals surface area (Å²) in [4.78, 5) is 25.6. The molecule has 0 aliphatic heterocycles. The molecule has 0 aliphatic carbocycles. The van der Waals surface area contributed by atoms with Crippen LogP contribution in [-0.2, 0) is 16.0 Å². The third-order valence-electron chi connectivity index (χ3n) is 4.43. The minimum atomic E-state index is -0.452. The molecule has 5 nitrogen and oxygen atoms in total. The highest BCUT2D eigenvalue weighted by Gasteiger charge is 2.24. The second kappa shape index (κ2) is 9.74. The quantitative estimate of drug-likeness (QED) is 0.659. The SMILES string of the molecule is CCc1ccccc1NC(=O)C[NH+](C)[C@@H](C)C(=O)Nc1cc(Cl)ccc1Cl. The number of anilines is 2. The number of carbonyl (C=O) groups is 2. The maximum absolute atomic E-state index is 12.5. The standard InChI is InChI=1S/C20H23Cl2N3O2/c1-4-14-7-5-6-8-17(14)23-19(26)12-25(3)13(2)20(27)24-18-11-15(21)9-10-16(18)22/h5-11,13H,4,12H2,1-3H3,(H,23,26)(H,24,27)/p+1/t13-/m0/s1. The van der Waals surface area contributed by atoms with Crippen LogP contribution in [0.1, 0.15) is 19.4 Å². The third-order valence-corrected chi connectivity index (χ3v) is 5.00. The smallest absolute Gasteiger partial charge is 0.282 e. The van der Waals surface area contributed by atoms with E-state index < -0.39 is 6.04 Å². The fourth-order valence-electron chi connectivity index (χ4n) is 2.61. The van der Waals surface area contributed by atoms with Crippen molar-refractivity contribution in [2.45, 2.75) is 26.3 Å². The maximum Gasteiger partial charge on any atom is 0.282 e. The Hall–Kier alpha value is -2.08. The largest absolute Gasteiger partial charge is 0.321 e. The molecule has 0 saturated carbocycles. The molecule has 2 aromatic rings. The molecule has 3 N–H and O–H groups in total. The first kappa shape index (κ1) is 21.2. The van der Waals surface area contributed by atoms with Crippen LogP contribution >= 0.6 is 23.2 Å². The Balaban J connectivity index is 1.95. The van der Waals surface area contributed by atoms with Crippen LogP contribution in [0.5, 0.6) is 0 Å². The highest BCUT2D eigenvalue weighted by atomic mass is 35.5. The first-order valence-corrected chi connectivity index (χ1v) is 9.53. The summed E-state index contributed by atoms with van der Waals surface area (Å²) in [5, 5.41) is 6.58. The Bertz CT molecular complexity index is 827. The van der Waals surface area contributed by atoms with Gasteiger partial charge in [-0.25, -0.2) is 0 Å². The van der Waals surface area contributed by atoms with Crippen molar-refractivity contribution in [2.75, 3.05) is 24.2 Å². The van der Waals surface area contributed by atoms with Crippen molar-refractivity contribution < 1.29 is 14.5 Å². The van der Waals surface area contributed by atoms with Crippen molar-refractivity contribution in [3.05, 3.63) is 58.1 Å². The number of hydrogen-bond donors (Lipinski definition) is 3. The van der Waals surface area contributed by atoms with E-state index in [9.17, 15) is 9.59 Å². The molecule has 144 valence electrons. The second-order valence-corrected chi connectivity index (χ2v) is 7.26. The van der Waals surface area contributed by atoms with E-state index in [2.05, 4.69) is 10.6 Å². The first-order chi connectivity index (χ1) is 12.8. The second-order valence-electron chi connectivity index (χ2n) is 6.42. The summed E-state index contributed by atoms with van der Waals surface area (Å²) in [5.41, 5.74) is 2.33. The van der Waals surface area contributed by atoms with Gasteiger partial charge < -0.3 is 15.5 Å². The Kier molecular flexibility index (Phi) is 7.66. The Morgan fingerprint density at radius 3 is 2.48 bits per heavy atom. The van der Waals surface area contributed by atoms with Gasteiger partial charge in [-0.15, -0.1) is 0 Å². The number of quaternary nitrogens is 1. The number of rotatable bonds is 7. The van der Waals surface area contributed by atoms with Gasteiger partial charge in [-0.3, -0.25) is 9.59 Å². The van der Waals surface area contributed by atoms with Crippen molar-refractivity contribution in [3.8, 4) is 0 Å². The number of carbonyl (C=O) groups excluding carboxylic acids is 2. The molecule has 7 heteroatoms. The van der Waals surface area contributed by atoms with Gasteiger partial charge in [0.2, 0.25) is 0 Å². The molecule has 0 heterocycles. The van der Waals surface area contributed by atoms with Crippen LogP contribution in [0.4, 0.5) is 11.4 Å². The van der Waals surface area contributed by atoms with Crippen LogP contribution in [-0.4, -0.2) is 31.4 Å². The summed E-state index contributed by atoms with van der Waals surface area (Å²) in [7, 11) is 1.80. The van der Waals surface area contributed by atoms with Crippen LogP contribution in [0.2, 0.25) is 10.0 Å². The van der Waals surface area contributed by atoms with E-state index in [1.807, 2.05) is 31.2 Å². The zero-order chi connectivity index (χ0) is 20.0. The van der Waals surface area contributed by atoms with Crippen LogP contribution in [0.15, 0.2) is 42.5 Å². The summed E-state index contributed by atoms with van der Waals surface area (Å²) in [6, 6.07) is 12.1. The average Bonchev–Trinajstić information content (AvgIpc) is 2.64. The summed E-state index contributed by atoms with van der Waals surface area (Å²) >= 11 is 12.0. The highest BCUT2D eigenvalue weighted by Crippen LogP contribution is 2.25. The van der Waals surface area contributed by atoms with Gasteiger partial charge in [0.1, 0.15) is 0 Å². The van der Waals surface area contributed by atoms with Gasteiger partial charge in [0, 0.05) is 10.7 Å². The summed E-state index contributed by atoms with van der Waals surface area (Å²) in [5.74, 6) is -0.382. The number of halogens is 2. The number of amides is 2. The number of aryl methyl sites for hydroxylation is 1. The molecule has 0 spiro atoms. The van der Waals surface area contributed by atoms with E-state index in [1.165, 1.54) is 0 Å². The molecule has 2 amide bonds. The lowest BCUT2D eigenvalue weighted by Gasteiger charge is -2.21. The van der Waals surface area contributed by atoms with Crippen LogP contribution in [0.25, 0.3) is 0 Å². The Morgan fingerprint density at radius 1 is 1.07 bits per heavy atom. The minimum Gasteiger partial charge on any atom is -0.321 e. The molecule has 0 radical (unpaired) electrons. The van der Waals surface area contributed by atoms with Gasteiger partial charge in [-0.1, -0.05) is 48.3 Å². The van der Waals surface area contributed by atoms with Crippen molar-refractivity contribution in [2.24, 2.45) is 0 Å². The van der Waals surface area contributed by atoms with E-state index in [4.69, 9.17) is 23.2 Å². The fraction of sp³-hybridized carbons (Fsp3) is 0.300. The van der Waals surface area contributed by atoms with Gasteiger partial charge in [0.25, 0.3) is 11.8 Å². The molecular formula is C20H24Cl2N3O2+. The maximum atomic E-state index is 12.5. The Morgan fingerprint density at radius 2 is 1.78 bits per heavy atom. The van der Waals surface area contributed by atoms with E-state index in [0.717, 1.165) is 22.6 Å². The molecule has 0 aromatic heterocycles. The number of likely N-dealkylation sites (N-methyl/N-ethyl adjacent to an activating group) is 1. The van der Waals surface area contributed by atoms with Crippen molar-refractivity contribution in [3.63, 3.8) is 0 Å². The van der Waals surface area contributed by atoms with Crippen LogP contribution in [0.3, 0.4) is 0 Å². The summed E-state index contributed by atoms with van der Waals surface area (Å²) in [6.07, 6.45) is 0.832. The van der Waals surface area contributed by atoms with E-state index in [-0.39, 0.29) is 18.4 Å². The minimum absolute atomic E-state index is 0.145. The normalized spacial score (nSPS) is 12.9. The lowest BCUT2D eigenvalue weighted by molar-refractivity contribution is -0.885. The van der Waals surface area contributed by atoms with E-state index >= 15 is 0 Å². The van der Waals surface area contributed by atoms with Crippen LogP contribution in [0, 0.1) is 0 Å². The number of hydrogen-bond acceptors (Lipinski definition) is 2. The van der Waals surface area contributed by atoms with E-state index in [0.29, 0.717) is 15.7 Å².